The lowest BCUT2D eigenvalue weighted by atomic mass is 10.1. The number of carbonyl (C=O) groups excluding carboxylic acids is 2. The average Bonchev–Trinajstić information content (AvgIpc) is 2.74. The molecular formula is C23H27Cl3N2O3. The van der Waals surface area contributed by atoms with E-state index in [0.29, 0.717) is 39.3 Å². The second kappa shape index (κ2) is 12.8. The quantitative estimate of drug-likeness (QED) is 0.412. The van der Waals surface area contributed by atoms with Gasteiger partial charge >= 0.3 is 0 Å². The highest BCUT2D eigenvalue weighted by atomic mass is 35.5. The Bertz CT molecular complexity index is 875. The molecule has 0 aliphatic heterocycles. The predicted molar refractivity (Wildman–Crippen MR) is 126 cm³/mol. The SMILES string of the molecule is CCCCNC(=O)C(CC)N(Cc1ccc(Cl)cc1Cl)C(=O)COc1ccc(Cl)cc1. The first-order valence-electron chi connectivity index (χ1n) is 10.2. The third-order valence-electron chi connectivity index (χ3n) is 4.75. The molecule has 168 valence electrons. The summed E-state index contributed by atoms with van der Waals surface area (Å²) in [6.07, 6.45) is 2.30. The highest BCUT2D eigenvalue weighted by molar-refractivity contribution is 6.35. The van der Waals surface area contributed by atoms with Crippen LogP contribution in [0.1, 0.15) is 38.7 Å². The molecule has 0 aliphatic rings. The monoisotopic (exact) mass is 484 g/mol. The van der Waals surface area contributed by atoms with Gasteiger partial charge in [-0.15, -0.1) is 0 Å². The first-order valence-corrected chi connectivity index (χ1v) is 11.4. The molecule has 0 radical (unpaired) electrons. The second-order valence-electron chi connectivity index (χ2n) is 7.07. The Morgan fingerprint density at radius 3 is 2.32 bits per heavy atom. The third kappa shape index (κ3) is 7.91. The van der Waals surface area contributed by atoms with Crippen molar-refractivity contribution in [1.29, 1.82) is 0 Å². The van der Waals surface area contributed by atoms with Crippen LogP contribution in [-0.4, -0.2) is 35.9 Å². The normalized spacial score (nSPS) is 11.6. The Morgan fingerprint density at radius 2 is 1.71 bits per heavy atom. The molecule has 0 aliphatic carbocycles. The molecule has 0 fully saturated rings. The summed E-state index contributed by atoms with van der Waals surface area (Å²) in [7, 11) is 0. The fraction of sp³-hybridized carbons (Fsp3) is 0.391. The van der Waals surface area contributed by atoms with Crippen LogP contribution < -0.4 is 10.1 Å². The van der Waals surface area contributed by atoms with Gasteiger partial charge in [0.2, 0.25) is 5.91 Å². The number of rotatable bonds is 11. The first kappa shape index (κ1) is 25.3. The van der Waals surface area contributed by atoms with E-state index < -0.39 is 6.04 Å². The van der Waals surface area contributed by atoms with Crippen LogP contribution >= 0.6 is 34.8 Å². The standard InChI is InChI=1S/C23H27Cl3N2O3/c1-3-5-12-27-23(30)21(4-2)28(14-16-6-7-18(25)13-20(16)26)22(29)15-31-19-10-8-17(24)9-11-19/h6-11,13,21H,3-5,12,14-15H2,1-2H3,(H,27,30). The summed E-state index contributed by atoms with van der Waals surface area (Å²) >= 11 is 18.2. The molecule has 2 aromatic rings. The zero-order chi connectivity index (χ0) is 22.8. The largest absolute Gasteiger partial charge is 0.484 e. The van der Waals surface area contributed by atoms with E-state index in [1.165, 1.54) is 4.90 Å². The summed E-state index contributed by atoms with van der Waals surface area (Å²) in [5.74, 6) is 0.00186. The summed E-state index contributed by atoms with van der Waals surface area (Å²) in [5.41, 5.74) is 0.700. The predicted octanol–water partition coefficient (Wildman–Crippen LogP) is 5.75. The molecule has 5 nitrogen and oxygen atoms in total. The zero-order valence-electron chi connectivity index (χ0n) is 17.7. The number of nitrogens with zero attached hydrogens (tertiary/aromatic N) is 1. The van der Waals surface area contributed by atoms with Crippen LogP contribution in [0.25, 0.3) is 0 Å². The third-order valence-corrected chi connectivity index (χ3v) is 5.59. The molecule has 0 saturated heterocycles. The van der Waals surface area contributed by atoms with Crippen LogP contribution in [0.3, 0.4) is 0 Å². The van der Waals surface area contributed by atoms with Crippen LogP contribution in [-0.2, 0) is 16.1 Å². The van der Waals surface area contributed by atoms with Gasteiger partial charge in [-0.3, -0.25) is 9.59 Å². The minimum atomic E-state index is -0.648. The fourth-order valence-electron chi connectivity index (χ4n) is 3.02. The summed E-state index contributed by atoms with van der Waals surface area (Å²) in [6.45, 7) is 4.44. The molecule has 0 saturated carbocycles. The molecule has 1 N–H and O–H groups in total. The van der Waals surface area contributed by atoms with Crippen LogP contribution in [0.4, 0.5) is 0 Å². The summed E-state index contributed by atoms with van der Waals surface area (Å²) in [6, 6.07) is 11.2. The van der Waals surface area contributed by atoms with Crippen molar-refractivity contribution < 1.29 is 14.3 Å². The molecule has 0 bridgehead atoms. The number of unbranched alkanes of at least 4 members (excludes halogenated alkanes) is 1. The second-order valence-corrected chi connectivity index (χ2v) is 8.35. The van der Waals surface area contributed by atoms with Crippen LogP contribution in [0.2, 0.25) is 15.1 Å². The zero-order valence-corrected chi connectivity index (χ0v) is 19.9. The minimum Gasteiger partial charge on any atom is -0.484 e. The van der Waals surface area contributed by atoms with Gasteiger partial charge in [0.15, 0.2) is 6.61 Å². The lowest BCUT2D eigenvalue weighted by molar-refractivity contribution is -0.143. The van der Waals surface area contributed by atoms with E-state index in [1.807, 2.05) is 6.92 Å². The number of hydrogen-bond acceptors (Lipinski definition) is 3. The van der Waals surface area contributed by atoms with E-state index >= 15 is 0 Å². The van der Waals surface area contributed by atoms with Crippen molar-refractivity contribution in [2.75, 3.05) is 13.2 Å². The molecule has 0 aromatic heterocycles. The Balaban J connectivity index is 2.20. The first-order chi connectivity index (χ1) is 14.8. The molecule has 0 heterocycles. The Morgan fingerprint density at radius 1 is 1.03 bits per heavy atom. The van der Waals surface area contributed by atoms with Gasteiger partial charge in [0.25, 0.3) is 5.91 Å². The molecule has 2 rings (SSSR count). The Labute approximate surface area is 198 Å². The van der Waals surface area contributed by atoms with E-state index in [0.717, 1.165) is 12.8 Å². The van der Waals surface area contributed by atoms with Gasteiger partial charge in [0, 0.05) is 28.2 Å². The highest BCUT2D eigenvalue weighted by Gasteiger charge is 2.29. The van der Waals surface area contributed by atoms with E-state index in [-0.39, 0.29) is 25.0 Å². The molecule has 1 atom stereocenters. The number of hydrogen-bond donors (Lipinski definition) is 1. The van der Waals surface area contributed by atoms with Crippen molar-refractivity contribution in [3.05, 3.63) is 63.1 Å². The van der Waals surface area contributed by atoms with Crippen molar-refractivity contribution >= 4 is 46.6 Å². The highest BCUT2D eigenvalue weighted by Crippen LogP contribution is 2.24. The van der Waals surface area contributed by atoms with Gasteiger partial charge in [-0.05, 0) is 54.8 Å². The van der Waals surface area contributed by atoms with Crippen LogP contribution in [0.15, 0.2) is 42.5 Å². The van der Waals surface area contributed by atoms with E-state index in [9.17, 15) is 9.59 Å². The van der Waals surface area contributed by atoms with Gasteiger partial charge in [-0.25, -0.2) is 0 Å². The maximum absolute atomic E-state index is 13.1. The van der Waals surface area contributed by atoms with Crippen LogP contribution in [0, 0.1) is 0 Å². The number of halogens is 3. The van der Waals surface area contributed by atoms with Crippen molar-refractivity contribution in [1.82, 2.24) is 10.2 Å². The van der Waals surface area contributed by atoms with E-state index in [4.69, 9.17) is 39.5 Å². The lowest BCUT2D eigenvalue weighted by Gasteiger charge is -2.31. The number of benzene rings is 2. The minimum absolute atomic E-state index is 0.165. The smallest absolute Gasteiger partial charge is 0.261 e. The van der Waals surface area contributed by atoms with Gasteiger partial charge in [-0.1, -0.05) is 61.1 Å². The summed E-state index contributed by atoms with van der Waals surface area (Å²) < 4.78 is 5.63. The molecular weight excluding hydrogens is 459 g/mol. The summed E-state index contributed by atoms with van der Waals surface area (Å²) in [5, 5.41) is 4.43. The number of carbonyl (C=O) groups is 2. The van der Waals surface area contributed by atoms with E-state index in [2.05, 4.69) is 12.2 Å². The lowest BCUT2D eigenvalue weighted by Crippen LogP contribution is -2.50. The molecule has 2 amide bonds. The topological polar surface area (TPSA) is 58.6 Å². The van der Waals surface area contributed by atoms with Crippen molar-refractivity contribution in [2.45, 2.75) is 45.7 Å². The Kier molecular flexibility index (Phi) is 10.4. The molecule has 2 aromatic carbocycles. The van der Waals surface area contributed by atoms with Crippen molar-refractivity contribution in [3.63, 3.8) is 0 Å². The number of ether oxygens (including phenoxy) is 1. The molecule has 1 unspecified atom stereocenters. The number of amides is 2. The molecule has 31 heavy (non-hydrogen) atoms. The summed E-state index contributed by atoms with van der Waals surface area (Å²) in [4.78, 5) is 27.5. The van der Waals surface area contributed by atoms with Gasteiger partial charge in [0.1, 0.15) is 11.8 Å². The van der Waals surface area contributed by atoms with Gasteiger partial charge < -0.3 is 15.0 Å². The van der Waals surface area contributed by atoms with Crippen LogP contribution in [0.5, 0.6) is 5.75 Å². The maximum atomic E-state index is 13.1. The fourth-order valence-corrected chi connectivity index (χ4v) is 3.61. The van der Waals surface area contributed by atoms with E-state index in [1.54, 1.807) is 42.5 Å². The molecule has 8 heteroatoms. The Hall–Kier alpha value is -1.95. The van der Waals surface area contributed by atoms with Crippen molar-refractivity contribution in [3.8, 4) is 5.75 Å². The number of nitrogens with one attached hydrogen (secondary N) is 1. The van der Waals surface area contributed by atoms with Gasteiger partial charge in [0.05, 0.1) is 0 Å². The van der Waals surface area contributed by atoms with Gasteiger partial charge in [-0.2, -0.15) is 0 Å². The molecule has 0 spiro atoms. The average molecular weight is 486 g/mol. The van der Waals surface area contributed by atoms with Crippen molar-refractivity contribution in [2.24, 2.45) is 0 Å². The maximum Gasteiger partial charge on any atom is 0.261 e.